The summed E-state index contributed by atoms with van der Waals surface area (Å²) < 4.78 is 0.700. The summed E-state index contributed by atoms with van der Waals surface area (Å²) in [5.41, 5.74) is 1.27. The van der Waals surface area contributed by atoms with E-state index in [0.717, 1.165) is 31.6 Å². The minimum atomic E-state index is -0.324. The van der Waals surface area contributed by atoms with Crippen LogP contribution in [0.3, 0.4) is 0 Å². The maximum Gasteiger partial charge on any atom is 0.282 e. The molecule has 0 aromatic heterocycles. The van der Waals surface area contributed by atoms with E-state index in [-0.39, 0.29) is 10.6 Å². The highest BCUT2D eigenvalue weighted by molar-refractivity contribution is 14.1. The fourth-order valence-electron chi connectivity index (χ4n) is 2.64. The second-order valence-corrected chi connectivity index (χ2v) is 6.28. The fraction of sp³-hybridized carbons (Fsp3) is 0.571. The second kappa shape index (κ2) is 6.71. The van der Waals surface area contributed by atoms with Gasteiger partial charge in [0.2, 0.25) is 0 Å². The summed E-state index contributed by atoms with van der Waals surface area (Å²) in [4.78, 5) is 13.0. The number of halogens is 1. The van der Waals surface area contributed by atoms with Crippen LogP contribution in [0.4, 0.5) is 11.4 Å². The summed E-state index contributed by atoms with van der Waals surface area (Å²) in [5, 5.41) is 14.5. The molecule has 1 N–H and O–H groups in total. The zero-order valence-electron chi connectivity index (χ0n) is 11.8. The fourth-order valence-corrected chi connectivity index (χ4v) is 3.34. The first kappa shape index (κ1) is 15.5. The zero-order chi connectivity index (χ0) is 14.7. The average Bonchev–Trinajstić information content (AvgIpc) is 2.46. The van der Waals surface area contributed by atoms with Crippen molar-refractivity contribution in [3.8, 4) is 0 Å². The molecule has 1 aromatic rings. The maximum atomic E-state index is 10.9. The van der Waals surface area contributed by atoms with Crippen molar-refractivity contribution in [3.05, 3.63) is 31.9 Å². The quantitative estimate of drug-likeness (QED) is 0.488. The lowest BCUT2D eigenvalue weighted by atomic mass is 10.0. The third-order valence-corrected chi connectivity index (χ3v) is 4.79. The van der Waals surface area contributed by atoms with Crippen molar-refractivity contribution < 1.29 is 4.92 Å². The van der Waals surface area contributed by atoms with E-state index in [1.54, 1.807) is 6.07 Å². The molecule has 2 atom stereocenters. The van der Waals surface area contributed by atoms with Gasteiger partial charge in [-0.15, -0.1) is 0 Å². The molecule has 6 heteroatoms. The molecule has 0 saturated carbocycles. The molecule has 1 saturated heterocycles. The lowest BCUT2D eigenvalue weighted by Crippen LogP contribution is -2.56. The molecular formula is C14H20IN3O2. The average molecular weight is 389 g/mol. The van der Waals surface area contributed by atoms with E-state index >= 15 is 0 Å². The van der Waals surface area contributed by atoms with E-state index in [1.807, 2.05) is 34.7 Å². The number of rotatable bonds is 4. The highest BCUT2D eigenvalue weighted by Gasteiger charge is 2.27. The molecule has 0 radical (unpaired) electrons. The van der Waals surface area contributed by atoms with Crippen LogP contribution in [0.15, 0.2) is 18.2 Å². The van der Waals surface area contributed by atoms with Crippen molar-refractivity contribution in [2.24, 2.45) is 0 Å². The highest BCUT2D eigenvalue weighted by Crippen LogP contribution is 2.29. The first-order valence-corrected chi connectivity index (χ1v) is 8.08. The van der Waals surface area contributed by atoms with Crippen molar-refractivity contribution >= 4 is 34.0 Å². The van der Waals surface area contributed by atoms with Crippen LogP contribution < -0.4 is 10.2 Å². The number of piperazine rings is 1. The number of nitrogens with zero attached hydrogens (tertiary/aromatic N) is 2. The van der Waals surface area contributed by atoms with Gasteiger partial charge in [-0.3, -0.25) is 10.1 Å². The molecule has 1 aliphatic heterocycles. The molecule has 5 nitrogen and oxygen atoms in total. The largest absolute Gasteiger partial charge is 0.366 e. The Morgan fingerprint density at radius 3 is 2.75 bits per heavy atom. The third kappa shape index (κ3) is 3.22. The summed E-state index contributed by atoms with van der Waals surface area (Å²) in [6.45, 7) is 6.30. The molecule has 0 amide bonds. The van der Waals surface area contributed by atoms with Crippen LogP contribution in [0.25, 0.3) is 0 Å². The van der Waals surface area contributed by atoms with E-state index in [0.29, 0.717) is 15.7 Å². The Hall–Kier alpha value is -0.890. The molecule has 0 aliphatic carbocycles. The minimum Gasteiger partial charge on any atom is -0.366 e. The van der Waals surface area contributed by atoms with E-state index in [1.165, 1.54) is 0 Å². The van der Waals surface area contributed by atoms with Crippen LogP contribution in [-0.4, -0.2) is 30.1 Å². The smallest absolute Gasteiger partial charge is 0.282 e. The van der Waals surface area contributed by atoms with E-state index in [2.05, 4.69) is 24.1 Å². The summed E-state index contributed by atoms with van der Waals surface area (Å²) in [5.74, 6) is 0. The predicted molar refractivity (Wildman–Crippen MR) is 89.3 cm³/mol. The Bertz CT molecular complexity index is 495. The molecule has 1 aromatic carbocycles. The van der Waals surface area contributed by atoms with E-state index < -0.39 is 0 Å². The number of nitrogens with one attached hydrogen (secondary N) is 1. The Kier molecular flexibility index (Phi) is 5.20. The Labute approximate surface area is 133 Å². The number of nitro groups is 1. The molecule has 0 bridgehead atoms. The number of hydrogen-bond acceptors (Lipinski definition) is 4. The van der Waals surface area contributed by atoms with Crippen LogP contribution in [0.1, 0.15) is 26.7 Å². The Balaban J connectivity index is 2.27. The molecule has 1 heterocycles. The van der Waals surface area contributed by atoms with Gasteiger partial charge in [-0.2, -0.15) is 0 Å². The number of anilines is 1. The van der Waals surface area contributed by atoms with Gasteiger partial charge in [0.15, 0.2) is 0 Å². The van der Waals surface area contributed by atoms with Crippen LogP contribution in [0.5, 0.6) is 0 Å². The van der Waals surface area contributed by atoms with Gasteiger partial charge < -0.3 is 10.2 Å². The van der Waals surface area contributed by atoms with E-state index in [9.17, 15) is 10.1 Å². The SMILES string of the molecule is CCC1CN(c2ccc([N+](=O)[O-])c(I)c2)C(CC)CN1. The van der Waals surface area contributed by atoms with Gasteiger partial charge in [0.1, 0.15) is 0 Å². The van der Waals surface area contributed by atoms with Crippen molar-refractivity contribution in [2.75, 3.05) is 18.0 Å². The summed E-state index contributed by atoms with van der Waals surface area (Å²) in [6.07, 6.45) is 2.16. The van der Waals surface area contributed by atoms with Gasteiger partial charge in [-0.25, -0.2) is 0 Å². The molecule has 2 unspecified atom stereocenters. The maximum absolute atomic E-state index is 10.9. The number of nitro benzene ring substituents is 1. The number of benzene rings is 1. The molecule has 2 rings (SSSR count). The minimum absolute atomic E-state index is 0.185. The first-order chi connectivity index (χ1) is 9.56. The Morgan fingerprint density at radius 2 is 2.20 bits per heavy atom. The second-order valence-electron chi connectivity index (χ2n) is 5.12. The zero-order valence-corrected chi connectivity index (χ0v) is 14.0. The molecular weight excluding hydrogens is 369 g/mol. The van der Waals surface area contributed by atoms with Gasteiger partial charge in [0, 0.05) is 36.9 Å². The van der Waals surface area contributed by atoms with Gasteiger partial charge in [-0.1, -0.05) is 13.8 Å². The summed E-state index contributed by atoms with van der Waals surface area (Å²) in [7, 11) is 0. The third-order valence-electron chi connectivity index (χ3n) is 3.92. The van der Waals surface area contributed by atoms with Crippen LogP contribution in [-0.2, 0) is 0 Å². The summed E-state index contributed by atoms with van der Waals surface area (Å²) in [6, 6.07) is 6.37. The summed E-state index contributed by atoms with van der Waals surface area (Å²) >= 11 is 2.05. The van der Waals surface area contributed by atoms with Gasteiger partial charge in [-0.05, 0) is 47.6 Å². The number of hydrogen-bond donors (Lipinski definition) is 1. The lowest BCUT2D eigenvalue weighted by molar-refractivity contribution is -0.385. The van der Waals surface area contributed by atoms with Crippen molar-refractivity contribution in [3.63, 3.8) is 0 Å². The first-order valence-electron chi connectivity index (χ1n) is 7.00. The monoisotopic (exact) mass is 389 g/mol. The van der Waals surface area contributed by atoms with Crippen molar-refractivity contribution in [2.45, 2.75) is 38.8 Å². The van der Waals surface area contributed by atoms with Crippen molar-refractivity contribution in [1.29, 1.82) is 0 Å². The van der Waals surface area contributed by atoms with Crippen molar-refractivity contribution in [1.82, 2.24) is 5.32 Å². The molecule has 0 spiro atoms. The van der Waals surface area contributed by atoms with Gasteiger partial charge >= 0.3 is 0 Å². The van der Waals surface area contributed by atoms with Gasteiger partial charge in [0.05, 0.1) is 8.49 Å². The van der Waals surface area contributed by atoms with Crippen LogP contribution in [0, 0.1) is 13.7 Å². The molecule has 110 valence electrons. The van der Waals surface area contributed by atoms with E-state index in [4.69, 9.17) is 0 Å². The lowest BCUT2D eigenvalue weighted by Gasteiger charge is -2.41. The van der Waals surface area contributed by atoms with Gasteiger partial charge in [0.25, 0.3) is 5.69 Å². The molecule has 1 aliphatic rings. The molecule has 1 fully saturated rings. The topological polar surface area (TPSA) is 58.4 Å². The highest BCUT2D eigenvalue weighted by atomic mass is 127. The van der Waals surface area contributed by atoms with Crippen LogP contribution in [0.2, 0.25) is 0 Å². The normalized spacial score (nSPS) is 22.9. The predicted octanol–water partition coefficient (Wildman–Crippen LogP) is 3.17. The standard InChI is InChI=1S/C14H20IN3O2/c1-3-10-9-17(11(4-2)8-16-10)12-5-6-14(18(19)20)13(15)7-12/h5-7,10-11,16H,3-4,8-9H2,1-2H3. The van der Waals surface area contributed by atoms with Crippen LogP contribution >= 0.6 is 22.6 Å². The Morgan fingerprint density at radius 1 is 1.45 bits per heavy atom. The molecule has 20 heavy (non-hydrogen) atoms.